The van der Waals surface area contributed by atoms with Gasteiger partial charge in [-0.3, -0.25) is 4.57 Å². The minimum Gasteiger partial charge on any atom is -0.508 e. The average Bonchev–Trinajstić information content (AvgIpc) is 2.58. The molecule has 0 saturated heterocycles. The maximum absolute atomic E-state index is 9.01. The van der Waals surface area contributed by atoms with Crippen LogP contribution in [0.5, 0.6) is 5.75 Å². The number of aromatic nitrogens is 3. The molecule has 0 atom stereocenters. The second kappa shape index (κ2) is 2.65. The fourth-order valence-corrected chi connectivity index (χ4v) is 0.959. The summed E-state index contributed by atoms with van der Waals surface area (Å²) in [4.78, 5) is 0. The first-order valence-corrected chi connectivity index (χ1v) is 3.50. The summed E-state index contributed by atoms with van der Waals surface area (Å²) in [7, 11) is 0. The maximum Gasteiger partial charge on any atom is 0.123 e. The number of aromatic hydroxyl groups is 1. The van der Waals surface area contributed by atoms with Crippen molar-refractivity contribution in [3.63, 3.8) is 0 Å². The lowest BCUT2D eigenvalue weighted by atomic mass is 10.3. The maximum atomic E-state index is 9.01. The van der Waals surface area contributed by atoms with E-state index in [2.05, 4.69) is 10.2 Å². The number of rotatable bonds is 1. The van der Waals surface area contributed by atoms with E-state index in [9.17, 15) is 0 Å². The number of hydrogen-bond acceptors (Lipinski definition) is 3. The van der Waals surface area contributed by atoms with Gasteiger partial charge < -0.3 is 5.11 Å². The quantitative estimate of drug-likeness (QED) is 0.678. The van der Waals surface area contributed by atoms with Crippen molar-refractivity contribution in [2.75, 3.05) is 0 Å². The van der Waals surface area contributed by atoms with Gasteiger partial charge in [0.2, 0.25) is 0 Å². The van der Waals surface area contributed by atoms with Gasteiger partial charge in [-0.05, 0) is 24.3 Å². The lowest BCUT2D eigenvalue weighted by Crippen LogP contribution is -1.87. The van der Waals surface area contributed by atoms with Gasteiger partial charge in [-0.15, -0.1) is 10.2 Å². The zero-order valence-electron chi connectivity index (χ0n) is 6.25. The normalized spacial score (nSPS) is 10.0. The number of benzene rings is 1. The molecule has 0 saturated carbocycles. The largest absolute Gasteiger partial charge is 0.508 e. The summed E-state index contributed by atoms with van der Waals surface area (Å²) in [6, 6.07) is 6.82. The highest BCUT2D eigenvalue weighted by Crippen LogP contribution is 2.12. The van der Waals surface area contributed by atoms with E-state index in [0.29, 0.717) is 0 Å². The minimum absolute atomic E-state index is 0.256. The second-order valence-electron chi connectivity index (χ2n) is 2.39. The SMILES string of the molecule is Oc1ccc(-n2cnnc2)cc1. The molecule has 1 aromatic carbocycles. The smallest absolute Gasteiger partial charge is 0.123 e. The molecule has 60 valence electrons. The van der Waals surface area contributed by atoms with Crippen LogP contribution in [0, 0.1) is 0 Å². The van der Waals surface area contributed by atoms with Crippen molar-refractivity contribution in [1.82, 2.24) is 14.8 Å². The molecule has 4 nitrogen and oxygen atoms in total. The summed E-state index contributed by atoms with van der Waals surface area (Å²) in [6.07, 6.45) is 3.21. The molecule has 0 fully saturated rings. The van der Waals surface area contributed by atoms with Gasteiger partial charge in [-0.2, -0.15) is 0 Å². The molecule has 0 aliphatic rings. The predicted octanol–water partition coefficient (Wildman–Crippen LogP) is 0.973. The van der Waals surface area contributed by atoms with E-state index in [4.69, 9.17) is 5.11 Å². The van der Waals surface area contributed by atoms with Gasteiger partial charge in [-0.1, -0.05) is 0 Å². The molecule has 0 aliphatic heterocycles. The van der Waals surface area contributed by atoms with Crippen LogP contribution in [-0.4, -0.2) is 19.9 Å². The van der Waals surface area contributed by atoms with Crippen molar-refractivity contribution >= 4 is 0 Å². The van der Waals surface area contributed by atoms with E-state index in [-0.39, 0.29) is 5.75 Å². The van der Waals surface area contributed by atoms with E-state index < -0.39 is 0 Å². The van der Waals surface area contributed by atoms with Crippen molar-refractivity contribution in [3.05, 3.63) is 36.9 Å². The van der Waals surface area contributed by atoms with Gasteiger partial charge in [0.25, 0.3) is 0 Å². The Bertz CT molecular complexity index is 352. The van der Waals surface area contributed by atoms with Crippen LogP contribution in [0.1, 0.15) is 0 Å². The Labute approximate surface area is 69.1 Å². The number of phenols is 1. The molecule has 0 aliphatic carbocycles. The summed E-state index contributed by atoms with van der Waals surface area (Å²) >= 11 is 0. The van der Waals surface area contributed by atoms with Gasteiger partial charge in [0, 0.05) is 5.69 Å². The molecule has 0 radical (unpaired) electrons. The van der Waals surface area contributed by atoms with Crippen LogP contribution in [0.2, 0.25) is 0 Å². The Hall–Kier alpha value is -1.84. The third-order valence-corrected chi connectivity index (χ3v) is 1.57. The fraction of sp³-hybridized carbons (Fsp3) is 0. The Balaban J connectivity index is 2.43. The number of hydrogen-bond donors (Lipinski definition) is 1. The average molecular weight is 161 g/mol. The number of nitrogens with zero attached hydrogens (tertiary/aromatic N) is 3. The highest BCUT2D eigenvalue weighted by Gasteiger charge is 1.94. The molecule has 2 aromatic rings. The lowest BCUT2D eigenvalue weighted by Gasteiger charge is -1.99. The standard InChI is InChI=1S/C8H7N3O/c12-8-3-1-7(2-4-8)11-5-9-10-6-11/h1-6,12H. The third-order valence-electron chi connectivity index (χ3n) is 1.57. The summed E-state index contributed by atoms with van der Waals surface area (Å²) < 4.78 is 1.76. The van der Waals surface area contributed by atoms with Gasteiger partial charge in [0.1, 0.15) is 18.4 Å². The molecule has 4 heteroatoms. The van der Waals surface area contributed by atoms with Crippen LogP contribution in [0.4, 0.5) is 0 Å². The molecule has 1 N–H and O–H groups in total. The van der Waals surface area contributed by atoms with Crippen molar-refractivity contribution in [1.29, 1.82) is 0 Å². The van der Waals surface area contributed by atoms with Gasteiger partial charge in [0.05, 0.1) is 0 Å². The summed E-state index contributed by atoms with van der Waals surface area (Å²) in [5.41, 5.74) is 0.929. The van der Waals surface area contributed by atoms with Crippen LogP contribution >= 0.6 is 0 Å². The molecule has 1 aromatic heterocycles. The highest BCUT2D eigenvalue weighted by molar-refractivity contribution is 5.36. The lowest BCUT2D eigenvalue weighted by molar-refractivity contribution is 0.475. The molecular formula is C8H7N3O. The molecule has 0 spiro atoms. The van der Waals surface area contributed by atoms with E-state index in [1.165, 1.54) is 0 Å². The summed E-state index contributed by atoms with van der Waals surface area (Å²) in [5, 5.41) is 16.4. The van der Waals surface area contributed by atoms with Crippen LogP contribution in [-0.2, 0) is 0 Å². The molecule has 12 heavy (non-hydrogen) atoms. The van der Waals surface area contributed by atoms with E-state index in [0.717, 1.165) is 5.69 Å². The second-order valence-corrected chi connectivity index (χ2v) is 2.39. The highest BCUT2D eigenvalue weighted by atomic mass is 16.3. The van der Waals surface area contributed by atoms with Crippen molar-refractivity contribution in [3.8, 4) is 11.4 Å². The van der Waals surface area contributed by atoms with Gasteiger partial charge in [-0.25, -0.2) is 0 Å². The third kappa shape index (κ3) is 1.14. The first-order valence-electron chi connectivity index (χ1n) is 3.50. The topological polar surface area (TPSA) is 50.9 Å². The molecule has 0 bridgehead atoms. The van der Waals surface area contributed by atoms with E-state index >= 15 is 0 Å². The van der Waals surface area contributed by atoms with Crippen molar-refractivity contribution in [2.24, 2.45) is 0 Å². The molecule has 0 amide bonds. The van der Waals surface area contributed by atoms with E-state index in [1.807, 2.05) is 0 Å². The first kappa shape index (κ1) is 6.84. The Morgan fingerprint density at radius 3 is 2.17 bits per heavy atom. The van der Waals surface area contributed by atoms with Crippen molar-refractivity contribution in [2.45, 2.75) is 0 Å². The van der Waals surface area contributed by atoms with Gasteiger partial charge in [0.15, 0.2) is 0 Å². The summed E-state index contributed by atoms with van der Waals surface area (Å²) in [6.45, 7) is 0. The Morgan fingerprint density at radius 1 is 1.00 bits per heavy atom. The van der Waals surface area contributed by atoms with Crippen LogP contribution in [0.3, 0.4) is 0 Å². The summed E-state index contributed by atoms with van der Waals surface area (Å²) in [5.74, 6) is 0.256. The molecule has 1 heterocycles. The molecule has 0 unspecified atom stereocenters. The monoisotopic (exact) mass is 161 g/mol. The zero-order valence-corrected chi connectivity index (χ0v) is 6.25. The van der Waals surface area contributed by atoms with Crippen LogP contribution in [0.25, 0.3) is 5.69 Å². The minimum atomic E-state index is 0.256. The predicted molar refractivity (Wildman–Crippen MR) is 43.0 cm³/mol. The first-order chi connectivity index (χ1) is 5.86. The zero-order chi connectivity index (χ0) is 8.39. The molecule has 2 rings (SSSR count). The fourth-order valence-electron chi connectivity index (χ4n) is 0.959. The number of phenolic OH excluding ortho intramolecular Hbond substituents is 1. The Kier molecular flexibility index (Phi) is 1.51. The van der Waals surface area contributed by atoms with Crippen LogP contribution in [0.15, 0.2) is 36.9 Å². The molecular weight excluding hydrogens is 154 g/mol. The van der Waals surface area contributed by atoms with Crippen molar-refractivity contribution < 1.29 is 5.11 Å². The Morgan fingerprint density at radius 2 is 1.58 bits per heavy atom. The van der Waals surface area contributed by atoms with Crippen LogP contribution < -0.4 is 0 Å². The van der Waals surface area contributed by atoms with Gasteiger partial charge >= 0.3 is 0 Å². The van der Waals surface area contributed by atoms with E-state index in [1.54, 1.807) is 41.5 Å².